The molecule has 2 heterocycles. The van der Waals surface area contributed by atoms with Crippen LogP contribution < -0.4 is 4.80 Å². The fraction of sp³-hybridized carbons (Fsp3) is 0.348. The van der Waals surface area contributed by atoms with Gasteiger partial charge in [-0.2, -0.15) is 0 Å². The minimum atomic E-state index is 0.833. The highest BCUT2D eigenvalue weighted by atomic mass is 32.1. The SMILES string of the molecule is Cc1ccc(-c2csc(=Nc3ccccc3)n2CCN2CCOCC2)c(C)c1. The molecule has 1 saturated heterocycles. The fourth-order valence-electron chi connectivity index (χ4n) is 3.63. The molecule has 0 radical (unpaired) electrons. The molecule has 0 aliphatic carbocycles. The van der Waals surface area contributed by atoms with Crippen LogP contribution in [0.3, 0.4) is 0 Å². The third-order valence-electron chi connectivity index (χ3n) is 5.18. The van der Waals surface area contributed by atoms with Crippen LogP contribution in [0.5, 0.6) is 0 Å². The Hall–Kier alpha value is -2.21. The predicted molar refractivity (Wildman–Crippen MR) is 116 cm³/mol. The second-order valence-corrected chi connectivity index (χ2v) is 8.11. The lowest BCUT2D eigenvalue weighted by atomic mass is 10.0. The zero-order valence-corrected chi connectivity index (χ0v) is 17.4. The summed E-state index contributed by atoms with van der Waals surface area (Å²) in [6.45, 7) is 9.97. The van der Waals surface area contributed by atoms with E-state index in [-0.39, 0.29) is 0 Å². The van der Waals surface area contributed by atoms with E-state index < -0.39 is 0 Å². The van der Waals surface area contributed by atoms with Crippen molar-refractivity contribution in [2.24, 2.45) is 4.99 Å². The first-order chi connectivity index (χ1) is 13.7. The largest absolute Gasteiger partial charge is 0.379 e. The van der Waals surface area contributed by atoms with Crippen LogP contribution in [0.25, 0.3) is 11.3 Å². The van der Waals surface area contributed by atoms with E-state index in [1.807, 2.05) is 18.2 Å². The van der Waals surface area contributed by atoms with Gasteiger partial charge in [-0.3, -0.25) is 4.90 Å². The molecule has 28 heavy (non-hydrogen) atoms. The number of ether oxygens (including phenoxy) is 1. The number of rotatable bonds is 5. The van der Waals surface area contributed by atoms with Crippen LogP contribution in [0.4, 0.5) is 5.69 Å². The van der Waals surface area contributed by atoms with Gasteiger partial charge in [0, 0.05) is 37.1 Å². The van der Waals surface area contributed by atoms with Gasteiger partial charge in [0.15, 0.2) is 4.80 Å². The molecule has 1 fully saturated rings. The molecule has 0 amide bonds. The second-order valence-electron chi connectivity index (χ2n) is 7.27. The Morgan fingerprint density at radius 1 is 1.00 bits per heavy atom. The molecule has 0 bridgehead atoms. The van der Waals surface area contributed by atoms with Crippen molar-refractivity contribution in [3.63, 3.8) is 0 Å². The second kappa shape index (κ2) is 8.86. The first kappa shape index (κ1) is 19.1. The third kappa shape index (κ3) is 4.43. The highest BCUT2D eigenvalue weighted by Crippen LogP contribution is 2.25. The Kier molecular flexibility index (Phi) is 6.05. The number of nitrogens with zero attached hydrogens (tertiary/aromatic N) is 3. The van der Waals surface area contributed by atoms with E-state index in [1.54, 1.807) is 11.3 Å². The summed E-state index contributed by atoms with van der Waals surface area (Å²) in [5.41, 5.74) is 6.15. The third-order valence-corrected chi connectivity index (χ3v) is 6.04. The molecule has 0 saturated carbocycles. The van der Waals surface area contributed by atoms with Crippen molar-refractivity contribution in [3.8, 4) is 11.3 Å². The van der Waals surface area contributed by atoms with E-state index in [4.69, 9.17) is 9.73 Å². The van der Waals surface area contributed by atoms with Crippen LogP contribution in [0.15, 0.2) is 58.9 Å². The van der Waals surface area contributed by atoms with Gasteiger partial charge < -0.3 is 9.30 Å². The topological polar surface area (TPSA) is 29.8 Å². The van der Waals surface area contributed by atoms with E-state index in [1.165, 1.54) is 22.4 Å². The van der Waals surface area contributed by atoms with E-state index in [2.05, 4.69) is 59.0 Å². The van der Waals surface area contributed by atoms with Gasteiger partial charge in [0.05, 0.1) is 24.6 Å². The maximum atomic E-state index is 5.49. The first-order valence-electron chi connectivity index (χ1n) is 9.86. The van der Waals surface area contributed by atoms with Crippen molar-refractivity contribution in [3.05, 3.63) is 69.8 Å². The number of hydrogen-bond donors (Lipinski definition) is 0. The fourth-order valence-corrected chi connectivity index (χ4v) is 4.58. The molecule has 2 aromatic carbocycles. The van der Waals surface area contributed by atoms with Crippen LogP contribution in [-0.4, -0.2) is 42.3 Å². The summed E-state index contributed by atoms with van der Waals surface area (Å²) in [6, 6.07) is 16.9. The summed E-state index contributed by atoms with van der Waals surface area (Å²) in [5.74, 6) is 0. The molecule has 5 heteroatoms. The summed E-state index contributed by atoms with van der Waals surface area (Å²) in [4.78, 5) is 8.47. The first-order valence-corrected chi connectivity index (χ1v) is 10.7. The molecule has 1 aliphatic heterocycles. The standard InChI is InChI=1S/C23H27N3OS/c1-18-8-9-21(19(2)16-18)22-17-28-23(24-20-6-4-3-5-7-20)26(22)11-10-25-12-14-27-15-13-25/h3-9,16-17H,10-15H2,1-2H3. The Labute approximate surface area is 170 Å². The maximum absolute atomic E-state index is 5.49. The molecular weight excluding hydrogens is 366 g/mol. The lowest BCUT2D eigenvalue weighted by Crippen LogP contribution is -2.39. The number of para-hydroxylation sites is 1. The summed E-state index contributed by atoms with van der Waals surface area (Å²) < 4.78 is 7.87. The average molecular weight is 394 g/mol. The zero-order chi connectivity index (χ0) is 19.3. The monoisotopic (exact) mass is 393 g/mol. The summed E-state index contributed by atoms with van der Waals surface area (Å²) in [5, 5.41) is 2.25. The van der Waals surface area contributed by atoms with E-state index in [0.717, 1.165) is 49.9 Å². The van der Waals surface area contributed by atoms with Gasteiger partial charge in [-0.05, 0) is 31.5 Å². The van der Waals surface area contributed by atoms with Crippen LogP contribution in [-0.2, 0) is 11.3 Å². The molecule has 0 atom stereocenters. The highest BCUT2D eigenvalue weighted by molar-refractivity contribution is 7.07. The molecule has 4 nitrogen and oxygen atoms in total. The molecular formula is C23H27N3OS. The quantitative estimate of drug-likeness (QED) is 0.643. The van der Waals surface area contributed by atoms with Gasteiger partial charge in [-0.1, -0.05) is 42.0 Å². The van der Waals surface area contributed by atoms with Gasteiger partial charge in [-0.15, -0.1) is 11.3 Å². The van der Waals surface area contributed by atoms with Crippen molar-refractivity contribution < 1.29 is 4.74 Å². The number of hydrogen-bond acceptors (Lipinski definition) is 4. The zero-order valence-electron chi connectivity index (χ0n) is 16.6. The minimum absolute atomic E-state index is 0.833. The van der Waals surface area contributed by atoms with Crippen molar-refractivity contribution in [2.45, 2.75) is 20.4 Å². The van der Waals surface area contributed by atoms with Crippen LogP contribution in [0.1, 0.15) is 11.1 Å². The number of aromatic nitrogens is 1. The van der Waals surface area contributed by atoms with E-state index in [9.17, 15) is 0 Å². The molecule has 1 aliphatic rings. The van der Waals surface area contributed by atoms with Gasteiger partial charge in [0.25, 0.3) is 0 Å². The number of thiazole rings is 1. The van der Waals surface area contributed by atoms with Crippen LogP contribution in [0.2, 0.25) is 0 Å². The number of morpholine rings is 1. The van der Waals surface area contributed by atoms with E-state index in [0.29, 0.717) is 0 Å². The van der Waals surface area contributed by atoms with Crippen molar-refractivity contribution in [1.29, 1.82) is 0 Å². The number of aryl methyl sites for hydroxylation is 2. The molecule has 146 valence electrons. The molecule has 0 N–H and O–H groups in total. The molecule has 0 unspecified atom stereocenters. The Bertz CT molecular complexity index is 985. The average Bonchev–Trinajstić information content (AvgIpc) is 3.10. The molecule has 0 spiro atoms. The molecule has 1 aromatic heterocycles. The van der Waals surface area contributed by atoms with Crippen molar-refractivity contribution in [1.82, 2.24) is 9.47 Å². The normalized spacial score (nSPS) is 15.9. The highest BCUT2D eigenvalue weighted by Gasteiger charge is 2.14. The molecule has 3 aromatic rings. The van der Waals surface area contributed by atoms with Gasteiger partial charge in [-0.25, -0.2) is 4.99 Å². The lowest BCUT2D eigenvalue weighted by Gasteiger charge is -2.27. The van der Waals surface area contributed by atoms with Gasteiger partial charge >= 0.3 is 0 Å². The lowest BCUT2D eigenvalue weighted by molar-refractivity contribution is 0.0363. The van der Waals surface area contributed by atoms with Crippen molar-refractivity contribution >= 4 is 17.0 Å². The van der Waals surface area contributed by atoms with Crippen LogP contribution in [0, 0.1) is 13.8 Å². The van der Waals surface area contributed by atoms with Crippen molar-refractivity contribution in [2.75, 3.05) is 32.8 Å². The Morgan fingerprint density at radius 2 is 1.79 bits per heavy atom. The Morgan fingerprint density at radius 3 is 2.54 bits per heavy atom. The number of benzene rings is 2. The van der Waals surface area contributed by atoms with E-state index >= 15 is 0 Å². The Balaban J connectivity index is 1.72. The predicted octanol–water partition coefficient (Wildman–Crippen LogP) is 4.40. The van der Waals surface area contributed by atoms with Crippen LogP contribution >= 0.6 is 11.3 Å². The summed E-state index contributed by atoms with van der Waals surface area (Å²) >= 11 is 1.72. The van der Waals surface area contributed by atoms with Gasteiger partial charge in [0.2, 0.25) is 0 Å². The van der Waals surface area contributed by atoms with Gasteiger partial charge in [0.1, 0.15) is 0 Å². The minimum Gasteiger partial charge on any atom is -0.379 e. The summed E-state index contributed by atoms with van der Waals surface area (Å²) in [7, 11) is 0. The maximum Gasteiger partial charge on any atom is 0.190 e. The molecule has 4 rings (SSSR count). The smallest absolute Gasteiger partial charge is 0.190 e. The summed E-state index contributed by atoms with van der Waals surface area (Å²) in [6.07, 6.45) is 0.